The molecule has 0 saturated carbocycles. The van der Waals surface area contributed by atoms with Crippen LogP contribution >= 0.6 is 23.5 Å². The number of aryl methyl sites for hydroxylation is 1. The highest BCUT2D eigenvalue weighted by molar-refractivity contribution is 8.00. The third kappa shape index (κ3) is 5.78. The largest absolute Gasteiger partial charge is 0.370 e. The molecule has 1 aromatic heterocycles. The molecule has 1 aliphatic heterocycles. The third-order valence-corrected chi connectivity index (χ3v) is 6.99. The van der Waals surface area contributed by atoms with Gasteiger partial charge >= 0.3 is 0 Å². The molecule has 2 aromatic rings. The van der Waals surface area contributed by atoms with Crippen LogP contribution in [0, 0.1) is 5.92 Å². The molecule has 0 radical (unpaired) electrons. The summed E-state index contributed by atoms with van der Waals surface area (Å²) in [6, 6.07) is 8.10. The highest BCUT2D eigenvalue weighted by Crippen LogP contribution is 2.37. The predicted octanol–water partition coefficient (Wildman–Crippen LogP) is 3.36. The first kappa shape index (κ1) is 22.7. The fourth-order valence-corrected chi connectivity index (χ4v) is 5.30. The number of amides is 2. The van der Waals surface area contributed by atoms with Crippen LogP contribution in [0.4, 0.5) is 5.69 Å². The lowest BCUT2D eigenvalue weighted by Gasteiger charge is -2.22. The van der Waals surface area contributed by atoms with E-state index in [1.807, 2.05) is 39.4 Å². The van der Waals surface area contributed by atoms with Crippen molar-refractivity contribution in [3.63, 3.8) is 0 Å². The number of fused-ring (bicyclic) bond motifs is 1. The highest BCUT2D eigenvalue weighted by atomic mass is 32.2. The number of primary amides is 1. The Balaban J connectivity index is 1.73. The van der Waals surface area contributed by atoms with Crippen molar-refractivity contribution in [2.24, 2.45) is 11.7 Å². The van der Waals surface area contributed by atoms with Crippen LogP contribution in [0.25, 0.3) is 0 Å². The first-order valence-corrected chi connectivity index (χ1v) is 12.1. The number of nitrogens with zero attached hydrogens (tertiary/aromatic N) is 4. The fraction of sp³-hybridized carbons (Fsp3) is 0.524. The van der Waals surface area contributed by atoms with Gasteiger partial charge in [0.05, 0.1) is 11.4 Å². The number of hydrogen-bond donors (Lipinski definition) is 1. The number of para-hydroxylation sites is 1. The molecule has 1 aliphatic rings. The van der Waals surface area contributed by atoms with Gasteiger partial charge in [-0.1, -0.05) is 44.7 Å². The number of anilines is 1. The van der Waals surface area contributed by atoms with E-state index in [1.54, 1.807) is 0 Å². The molecule has 0 saturated heterocycles. The number of carbonyl (C=O) groups excluding carboxylic acids is 2. The summed E-state index contributed by atoms with van der Waals surface area (Å²) in [5.41, 5.74) is 6.28. The number of benzene rings is 1. The van der Waals surface area contributed by atoms with E-state index in [0.717, 1.165) is 29.4 Å². The second-order valence-electron chi connectivity index (χ2n) is 7.89. The molecule has 30 heavy (non-hydrogen) atoms. The maximum atomic E-state index is 13.1. The van der Waals surface area contributed by atoms with E-state index >= 15 is 0 Å². The Labute approximate surface area is 186 Å². The Kier molecular flexibility index (Phi) is 7.82. The molecule has 162 valence electrons. The number of nitrogens with two attached hydrogens (primary N) is 1. The van der Waals surface area contributed by atoms with Gasteiger partial charge in [0.1, 0.15) is 5.82 Å². The number of rotatable bonds is 8. The summed E-state index contributed by atoms with van der Waals surface area (Å²) in [6.45, 7) is 7.88. The van der Waals surface area contributed by atoms with Crippen molar-refractivity contribution in [1.29, 1.82) is 0 Å². The van der Waals surface area contributed by atoms with Gasteiger partial charge in [0.2, 0.25) is 11.8 Å². The van der Waals surface area contributed by atoms with Crippen LogP contribution in [-0.2, 0) is 22.6 Å². The van der Waals surface area contributed by atoms with Crippen molar-refractivity contribution in [2.75, 3.05) is 17.2 Å². The Morgan fingerprint density at radius 1 is 1.30 bits per heavy atom. The van der Waals surface area contributed by atoms with E-state index in [9.17, 15) is 9.59 Å². The van der Waals surface area contributed by atoms with E-state index in [4.69, 9.17) is 5.73 Å². The molecule has 0 spiro atoms. The minimum atomic E-state index is -0.356. The molecular formula is C21H29N5O2S2. The summed E-state index contributed by atoms with van der Waals surface area (Å²) in [4.78, 5) is 27.3. The van der Waals surface area contributed by atoms with Gasteiger partial charge in [0, 0.05) is 36.1 Å². The monoisotopic (exact) mass is 447 g/mol. The SMILES string of the molecule is CC(C)Cn1c(CCC(N)=O)nnc1SCC(=O)N1CCC(C)Sc2ccccc21. The zero-order chi connectivity index (χ0) is 21.7. The topological polar surface area (TPSA) is 94.1 Å². The van der Waals surface area contributed by atoms with Crippen molar-refractivity contribution in [2.45, 2.75) is 61.9 Å². The second-order valence-corrected chi connectivity index (χ2v) is 10.3. The summed E-state index contributed by atoms with van der Waals surface area (Å²) in [7, 11) is 0. The molecule has 3 rings (SSSR count). The molecule has 7 nitrogen and oxygen atoms in total. The molecule has 0 fully saturated rings. The molecule has 9 heteroatoms. The third-order valence-electron chi connectivity index (χ3n) is 4.81. The van der Waals surface area contributed by atoms with Gasteiger partial charge in [0.25, 0.3) is 0 Å². The second kappa shape index (κ2) is 10.3. The zero-order valence-electron chi connectivity index (χ0n) is 17.7. The lowest BCUT2D eigenvalue weighted by atomic mass is 10.2. The Morgan fingerprint density at radius 3 is 2.80 bits per heavy atom. The van der Waals surface area contributed by atoms with E-state index < -0.39 is 0 Å². The molecule has 1 atom stereocenters. The molecule has 2 heterocycles. The standard InChI is InChI=1S/C21H29N5O2S2/c1-14(2)12-26-19(9-8-18(22)27)23-24-21(26)29-13-20(28)25-11-10-15(3)30-17-7-5-4-6-16(17)25/h4-7,14-15H,8-13H2,1-3H3,(H2,22,27). The molecule has 0 bridgehead atoms. The van der Waals surface area contributed by atoms with Gasteiger partial charge in [-0.15, -0.1) is 22.0 Å². The van der Waals surface area contributed by atoms with Crippen LogP contribution < -0.4 is 10.6 Å². The number of thioether (sulfide) groups is 2. The van der Waals surface area contributed by atoms with Gasteiger partial charge in [-0.05, 0) is 24.5 Å². The van der Waals surface area contributed by atoms with Crippen molar-refractivity contribution in [3.8, 4) is 0 Å². The van der Waals surface area contributed by atoms with Gasteiger partial charge in [-0.25, -0.2) is 0 Å². The average molecular weight is 448 g/mol. The van der Waals surface area contributed by atoms with Crippen LogP contribution in [0.5, 0.6) is 0 Å². The van der Waals surface area contributed by atoms with Gasteiger partial charge < -0.3 is 15.2 Å². The Bertz CT molecular complexity index is 899. The lowest BCUT2D eigenvalue weighted by Crippen LogP contribution is -2.33. The van der Waals surface area contributed by atoms with Gasteiger partial charge in [-0.3, -0.25) is 9.59 Å². The van der Waals surface area contributed by atoms with E-state index in [2.05, 4.69) is 37.0 Å². The Hall–Kier alpha value is -2.00. The number of carbonyl (C=O) groups is 2. The van der Waals surface area contributed by atoms with Gasteiger partial charge in [-0.2, -0.15) is 0 Å². The van der Waals surface area contributed by atoms with E-state index in [-0.39, 0.29) is 18.2 Å². The summed E-state index contributed by atoms with van der Waals surface area (Å²) >= 11 is 3.23. The number of aromatic nitrogens is 3. The summed E-state index contributed by atoms with van der Waals surface area (Å²) in [5.74, 6) is 1.13. The van der Waals surface area contributed by atoms with Gasteiger partial charge in [0.15, 0.2) is 5.16 Å². The van der Waals surface area contributed by atoms with Crippen LogP contribution in [0.15, 0.2) is 34.3 Å². The van der Waals surface area contributed by atoms with Crippen LogP contribution in [0.1, 0.15) is 39.4 Å². The number of hydrogen-bond acceptors (Lipinski definition) is 6. The van der Waals surface area contributed by atoms with E-state index in [0.29, 0.717) is 35.0 Å². The smallest absolute Gasteiger partial charge is 0.237 e. The maximum absolute atomic E-state index is 13.1. The molecule has 2 amide bonds. The summed E-state index contributed by atoms with van der Waals surface area (Å²) < 4.78 is 2.01. The molecule has 1 unspecified atom stereocenters. The first-order chi connectivity index (χ1) is 14.3. The van der Waals surface area contributed by atoms with Crippen LogP contribution in [0.3, 0.4) is 0 Å². The van der Waals surface area contributed by atoms with Crippen molar-refractivity contribution in [3.05, 3.63) is 30.1 Å². The summed E-state index contributed by atoms with van der Waals surface area (Å²) in [5, 5.41) is 9.72. The van der Waals surface area contributed by atoms with Crippen LogP contribution in [-0.4, -0.2) is 44.1 Å². The normalized spacial score (nSPS) is 16.4. The Morgan fingerprint density at radius 2 is 2.07 bits per heavy atom. The summed E-state index contributed by atoms with van der Waals surface area (Å²) in [6.07, 6.45) is 1.65. The lowest BCUT2D eigenvalue weighted by molar-refractivity contribution is -0.118. The van der Waals surface area contributed by atoms with E-state index in [1.165, 1.54) is 11.8 Å². The first-order valence-electron chi connectivity index (χ1n) is 10.2. The van der Waals surface area contributed by atoms with Crippen molar-refractivity contribution in [1.82, 2.24) is 14.8 Å². The molecule has 2 N–H and O–H groups in total. The van der Waals surface area contributed by atoms with Crippen molar-refractivity contribution >= 4 is 41.0 Å². The average Bonchev–Trinajstić information content (AvgIpc) is 2.97. The maximum Gasteiger partial charge on any atom is 0.237 e. The minimum Gasteiger partial charge on any atom is -0.370 e. The van der Waals surface area contributed by atoms with Crippen molar-refractivity contribution < 1.29 is 9.59 Å². The molecule has 1 aromatic carbocycles. The zero-order valence-corrected chi connectivity index (χ0v) is 19.3. The van der Waals surface area contributed by atoms with Crippen LogP contribution in [0.2, 0.25) is 0 Å². The highest BCUT2D eigenvalue weighted by Gasteiger charge is 2.25. The molecule has 0 aliphatic carbocycles. The minimum absolute atomic E-state index is 0.0694. The predicted molar refractivity (Wildman–Crippen MR) is 122 cm³/mol. The fourth-order valence-electron chi connectivity index (χ4n) is 3.34. The molecular weight excluding hydrogens is 418 g/mol. The quantitative estimate of drug-likeness (QED) is 0.624.